The van der Waals surface area contributed by atoms with Crippen LogP contribution in [0, 0.1) is 17.2 Å². The molecule has 0 bridgehead atoms. The topological polar surface area (TPSA) is 118 Å². The van der Waals surface area contributed by atoms with Crippen LogP contribution in [-0.4, -0.2) is 37.3 Å². The number of esters is 1. The normalized spacial score (nSPS) is 17.2. The summed E-state index contributed by atoms with van der Waals surface area (Å²) >= 11 is 19.2. The van der Waals surface area contributed by atoms with Gasteiger partial charge in [0.1, 0.15) is 11.7 Å². The Morgan fingerprint density at radius 1 is 1.17 bits per heavy atom. The molecule has 1 heterocycles. The first-order valence-electron chi connectivity index (χ1n) is 10.5. The summed E-state index contributed by atoms with van der Waals surface area (Å²) in [5.41, 5.74) is 0.933. The third-order valence-electron chi connectivity index (χ3n) is 5.09. The number of carbonyl (C=O) groups excluding carboxylic acids is 3. The lowest BCUT2D eigenvalue weighted by Crippen LogP contribution is -2.44. The van der Waals surface area contributed by atoms with Gasteiger partial charge in [0.15, 0.2) is 0 Å². The molecule has 2 aromatic carbocycles. The van der Waals surface area contributed by atoms with Crippen molar-refractivity contribution in [3.05, 3.63) is 67.6 Å². The number of allylic oxidation sites excluding steroid dienone is 1. The first-order chi connectivity index (χ1) is 17.2. The number of carbonyl (C=O) groups is 3. The number of hydrogen-bond acceptors (Lipinski definition) is 7. The summed E-state index contributed by atoms with van der Waals surface area (Å²) < 4.78 is 10.3. The smallest absolute Gasteiger partial charge is 0.319 e. The maximum Gasteiger partial charge on any atom is 0.319 e. The number of ether oxygens (including phenoxy) is 2. The quantitative estimate of drug-likeness (QED) is 0.334. The maximum atomic E-state index is 13.0. The van der Waals surface area contributed by atoms with Crippen molar-refractivity contribution in [1.82, 2.24) is 5.32 Å². The van der Waals surface area contributed by atoms with Gasteiger partial charge in [-0.15, -0.1) is 0 Å². The van der Waals surface area contributed by atoms with Crippen LogP contribution in [0.25, 0.3) is 0 Å². The van der Waals surface area contributed by atoms with Crippen molar-refractivity contribution in [1.29, 1.82) is 5.26 Å². The number of halogens is 3. The largest absolute Gasteiger partial charge is 0.492 e. The highest BCUT2D eigenvalue weighted by atomic mass is 35.5. The fourth-order valence-electron chi connectivity index (χ4n) is 3.62. The number of nitriles is 1. The number of hydrogen-bond donors (Lipinski definition) is 2. The second kappa shape index (κ2) is 12.4. The van der Waals surface area contributed by atoms with E-state index in [1.165, 1.54) is 18.2 Å². The third kappa shape index (κ3) is 6.45. The van der Waals surface area contributed by atoms with Gasteiger partial charge in [0.05, 0.1) is 41.2 Å². The van der Waals surface area contributed by atoms with E-state index in [0.29, 0.717) is 33.7 Å². The second-order valence-corrected chi connectivity index (χ2v) is 9.71. The zero-order chi connectivity index (χ0) is 26.4. The highest BCUT2D eigenvalue weighted by molar-refractivity contribution is 8.03. The van der Waals surface area contributed by atoms with Gasteiger partial charge in [0, 0.05) is 21.7 Å². The number of benzene rings is 2. The summed E-state index contributed by atoms with van der Waals surface area (Å²) in [4.78, 5) is 38.0. The number of rotatable bonds is 8. The Bertz CT molecular complexity index is 1260. The van der Waals surface area contributed by atoms with Gasteiger partial charge in [-0.1, -0.05) is 52.6 Å². The van der Waals surface area contributed by atoms with Crippen LogP contribution in [0.1, 0.15) is 18.4 Å². The van der Waals surface area contributed by atoms with E-state index in [4.69, 9.17) is 44.3 Å². The van der Waals surface area contributed by atoms with Gasteiger partial charge in [0.2, 0.25) is 11.8 Å². The van der Waals surface area contributed by atoms with Crippen LogP contribution < -0.4 is 15.4 Å². The monoisotopic (exact) mass is 567 g/mol. The molecule has 3 rings (SSSR count). The molecule has 2 amide bonds. The Hall–Kier alpha value is -2.90. The first-order valence-corrected chi connectivity index (χ1v) is 12.6. The van der Waals surface area contributed by atoms with E-state index < -0.39 is 29.6 Å². The van der Waals surface area contributed by atoms with E-state index in [0.717, 1.165) is 18.9 Å². The molecule has 1 aliphatic heterocycles. The summed E-state index contributed by atoms with van der Waals surface area (Å²) in [6, 6.07) is 11.4. The molecular formula is C24H20Cl3N3O5S. The number of thioether (sulfide) groups is 1. The van der Waals surface area contributed by atoms with E-state index in [1.807, 2.05) is 0 Å². The highest BCUT2D eigenvalue weighted by Gasteiger charge is 2.44. The molecule has 0 aliphatic carbocycles. The van der Waals surface area contributed by atoms with Crippen molar-refractivity contribution >= 4 is 70.0 Å². The standard InChI is InChI=1S/C24H20Cl3N3O5S/c1-3-35-18-5-4-12(6-17(18)27)20-16(10-28)23(30-22(32)21(20)24(33)34-2)36-11-19(31)29-15-8-13(25)7-14(26)9-15/h4-9,20-21H,3,11H2,1-2H3,(H,29,31)(H,30,32)/t20-,21+/m0/s1. The van der Waals surface area contributed by atoms with Crippen LogP contribution >= 0.6 is 46.6 Å². The minimum Gasteiger partial charge on any atom is -0.492 e. The van der Waals surface area contributed by atoms with Crippen molar-refractivity contribution in [2.45, 2.75) is 12.8 Å². The molecule has 36 heavy (non-hydrogen) atoms. The molecule has 2 N–H and O–H groups in total. The fraction of sp³-hybridized carbons (Fsp3) is 0.250. The van der Waals surface area contributed by atoms with Crippen molar-refractivity contribution in [3.63, 3.8) is 0 Å². The molecule has 2 atom stereocenters. The number of methoxy groups -OCH3 is 1. The van der Waals surface area contributed by atoms with Crippen LogP contribution in [0.3, 0.4) is 0 Å². The molecule has 0 saturated carbocycles. The minimum absolute atomic E-state index is 0.0915. The maximum absolute atomic E-state index is 13.0. The Morgan fingerprint density at radius 2 is 1.86 bits per heavy atom. The average molecular weight is 569 g/mol. The van der Waals surface area contributed by atoms with E-state index >= 15 is 0 Å². The van der Waals surface area contributed by atoms with Gasteiger partial charge in [-0.25, -0.2) is 0 Å². The molecule has 12 heteroatoms. The van der Waals surface area contributed by atoms with E-state index in [9.17, 15) is 19.6 Å². The molecule has 0 saturated heterocycles. The van der Waals surface area contributed by atoms with Crippen LogP contribution in [0.5, 0.6) is 5.75 Å². The van der Waals surface area contributed by atoms with Gasteiger partial charge in [-0.2, -0.15) is 5.26 Å². The predicted octanol–water partition coefficient (Wildman–Crippen LogP) is 5.16. The number of nitrogens with one attached hydrogen (secondary N) is 2. The second-order valence-electron chi connectivity index (χ2n) is 7.44. The van der Waals surface area contributed by atoms with Gasteiger partial charge in [0.25, 0.3) is 0 Å². The van der Waals surface area contributed by atoms with Crippen molar-refractivity contribution in [2.24, 2.45) is 5.92 Å². The number of nitrogens with zero attached hydrogens (tertiary/aromatic N) is 1. The van der Waals surface area contributed by atoms with Crippen LogP contribution in [0.15, 0.2) is 47.0 Å². The van der Waals surface area contributed by atoms with Gasteiger partial charge < -0.3 is 20.1 Å². The number of amides is 2. The zero-order valence-electron chi connectivity index (χ0n) is 19.1. The molecule has 8 nitrogen and oxygen atoms in total. The number of anilines is 1. The third-order valence-corrected chi connectivity index (χ3v) is 6.84. The summed E-state index contributed by atoms with van der Waals surface area (Å²) in [6.07, 6.45) is 0. The fourth-order valence-corrected chi connectivity index (χ4v) is 5.24. The first kappa shape index (κ1) is 27.7. The summed E-state index contributed by atoms with van der Waals surface area (Å²) in [5, 5.41) is 16.3. The lowest BCUT2D eigenvalue weighted by Gasteiger charge is -2.31. The Morgan fingerprint density at radius 3 is 2.44 bits per heavy atom. The zero-order valence-corrected chi connectivity index (χ0v) is 22.1. The molecule has 0 unspecified atom stereocenters. The molecule has 0 fully saturated rings. The molecule has 188 valence electrons. The molecule has 0 aromatic heterocycles. The van der Waals surface area contributed by atoms with Crippen molar-refractivity contribution < 1.29 is 23.9 Å². The SMILES string of the molecule is CCOc1ccc([C@H]2C(C#N)=C(SCC(=O)Nc3cc(Cl)cc(Cl)c3)NC(=O)[C@@H]2C(=O)OC)cc1Cl. The Balaban J connectivity index is 1.92. The van der Waals surface area contributed by atoms with Crippen molar-refractivity contribution in [2.75, 3.05) is 24.8 Å². The van der Waals surface area contributed by atoms with E-state index in [1.54, 1.807) is 25.1 Å². The van der Waals surface area contributed by atoms with Crippen LogP contribution in [0.2, 0.25) is 15.1 Å². The summed E-state index contributed by atoms with van der Waals surface area (Å²) in [7, 11) is 1.16. The van der Waals surface area contributed by atoms with Crippen LogP contribution in [-0.2, 0) is 19.1 Å². The molecule has 1 aliphatic rings. The Kier molecular flexibility index (Phi) is 9.51. The summed E-state index contributed by atoms with van der Waals surface area (Å²) in [6.45, 7) is 2.20. The molecule has 2 aromatic rings. The van der Waals surface area contributed by atoms with Crippen molar-refractivity contribution in [3.8, 4) is 11.8 Å². The van der Waals surface area contributed by atoms with Gasteiger partial charge >= 0.3 is 5.97 Å². The highest BCUT2D eigenvalue weighted by Crippen LogP contribution is 2.42. The molecule has 0 radical (unpaired) electrons. The van der Waals surface area contributed by atoms with E-state index in [-0.39, 0.29) is 21.4 Å². The van der Waals surface area contributed by atoms with Gasteiger partial charge in [-0.3, -0.25) is 14.4 Å². The lowest BCUT2D eigenvalue weighted by molar-refractivity contribution is -0.150. The predicted molar refractivity (Wildman–Crippen MR) is 139 cm³/mol. The summed E-state index contributed by atoms with van der Waals surface area (Å²) in [5.74, 6) is -3.94. The minimum atomic E-state index is -1.33. The molecular weight excluding hydrogens is 549 g/mol. The average Bonchev–Trinajstić information content (AvgIpc) is 2.82. The van der Waals surface area contributed by atoms with Gasteiger partial charge in [-0.05, 0) is 42.8 Å². The van der Waals surface area contributed by atoms with E-state index in [2.05, 4.69) is 16.7 Å². The van der Waals surface area contributed by atoms with Crippen LogP contribution in [0.4, 0.5) is 5.69 Å². The molecule has 0 spiro atoms. The Labute approximate surface area is 226 Å². The lowest BCUT2D eigenvalue weighted by atomic mass is 9.78.